The molecule has 0 unspecified atom stereocenters. The standard InChI is InChI=1S/C5H10NOS/c1-5(2,8)4(6)3-7/h4,8H,6H2,1-2H3/t4-/m1/s1. The van der Waals surface area contributed by atoms with Crippen molar-refractivity contribution in [3.05, 3.63) is 0 Å². The van der Waals surface area contributed by atoms with Gasteiger partial charge in [-0.05, 0) is 13.8 Å². The molecule has 0 fully saturated rings. The van der Waals surface area contributed by atoms with Gasteiger partial charge < -0.3 is 5.73 Å². The van der Waals surface area contributed by atoms with E-state index in [4.69, 9.17) is 5.73 Å². The van der Waals surface area contributed by atoms with Crippen LogP contribution in [-0.2, 0) is 4.79 Å². The molecule has 1 radical (unpaired) electrons. The fourth-order valence-electron chi connectivity index (χ4n) is 0.144. The Labute approximate surface area is 54.9 Å². The summed E-state index contributed by atoms with van der Waals surface area (Å²) in [6.07, 6.45) is 1.66. The first kappa shape index (κ1) is 7.98. The Kier molecular flexibility index (Phi) is 2.50. The molecule has 0 aromatic rings. The molecule has 0 rings (SSSR count). The molecule has 0 spiro atoms. The van der Waals surface area contributed by atoms with Crippen molar-refractivity contribution in [2.45, 2.75) is 24.6 Å². The van der Waals surface area contributed by atoms with Crippen LogP contribution < -0.4 is 5.73 Å². The second-order valence-electron chi connectivity index (χ2n) is 2.25. The van der Waals surface area contributed by atoms with Crippen molar-refractivity contribution in [1.82, 2.24) is 0 Å². The maximum atomic E-state index is 9.85. The smallest absolute Gasteiger partial charge is 0.218 e. The quantitative estimate of drug-likeness (QED) is 0.524. The minimum absolute atomic E-state index is 0.443. The fraction of sp³-hybridized carbons (Fsp3) is 0.800. The highest BCUT2D eigenvalue weighted by Gasteiger charge is 2.21. The van der Waals surface area contributed by atoms with Crippen molar-refractivity contribution in [1.29, 1.82) is 0 Å². The van der Waals surface area contributed by atoms with E-state index < -0.39 is 10.8 Å². The Morgan fingerprint density at radius 3 is 2.12 bits per heavy atom. The van der Waals surface area contributed by atoms with Crippen LogP contribution in [0.25, 0.3) is 0 Å². The van der Waals surface area contributed by atoms with Gasteiger partial charge >= 0.3 is 0 Å². The molecule has 8 heavy (non-hydrogen) atoms. The summed E-state index contributed by atoms with van der Waals surface area (Å²) in [5.74, 6) is 0. The number of hydrogen-bond donors (Lipinski definition) is 2. The van der Waals surface area contributed by atoms with Crippen LogP contribution in [0.4, 0.5) is 0 Å². The van der Waals surface area contributed by atoms with Crippen LogP contribution in [0.1, 0.15) is 13.8 Å². The number of thiol groups is 1. The Morgan fingerprint density at radius 2 is 2.12 bits per heavy atom. The minimum Gasteiger partial charge on any atom is -0.320 e. The Balaban J connectivity index is 3.80. The predicted molar refractivity (Wildman–Crippen MR) is 36.7 cm³/mol. The van der Waals surface area contributed by atoms with E-state index in [0.29, 0.717) is 0 Å². The summed E-state index contributed by atoms with van der Waals surface area (Å²) >= 11 is 4.04. The molecule has 0 aliphatic rings. The van der Waals surface area contributed by atoms with Crippen molar-refractivity contribution in [2.24, 2.45) is 5.73 Å². The van der Waals surface area contributed by atoms with Crippen molar-refractivity contribution in [3.63, 3.8) is 0 Å². The summed E-state index contributed by atoms with van der Waals surface area (Å²) in [7, 11) is 0. The molecule has 0 bridgehead atoms. The highest BCUT2D eigenvalue weighted by atomic mass is 32.1. The largest absolute Gasteiger partial charge is 0.320 e. The maximum absolute atomic E-state index is 9.85. The van der Waals surface area contributed by atoms with Crippen LogP contribution in [0.15, 0.2) is 0 Å². The maximum Gasteiger partial charge on any atom is 0.218 e. The molecule has 1 atom stereocenters. The molecule has 3 heteroatoms. The molecule has 0 aliphatic carbocycles. The van der Waals surface area contributed by atoms with Crippen LogP contribution in [-0.4, -0.2) is 17.1 Å². The molecular formula is C5H10NOS. The van der Waals surface area contributed by atoms with Crippen molar-refractivity contribution in [3.8, 4) is 0 Å². The summed E-state index contributed by atoms with van der Waals surface area (Å²) in [6.45, 7) is 3.54. The zero-order valence-corrected chi connectivity index (χ0v) is 5.90. The molecule has 0 aromatic heterocycles. The first-order valence-corrected chi connectivity index (χ1v) is 2.79. The normalized spacial score (nSPS) is 15.5. The van der Waals surface area contributed by atoms with Gasteiger partial charge in [-0.2, -0.15) is 12.6 Å². The van der Waals surface area contributed by atoms with Crippen molar-refractivity contribution < 1.29 is 4.79 Å². The van der Waals surface area contributed by atoms with E-state index >= 15 is 0 Å². The lowest BCUT2D eigenvalue weighted by Crippen LogP contribution is -2.39. The third-order valence-electron chi connectivity index (χ3n) is 0.888. The van der Waals surface area contributed by atoms with Gasteiger partial charge in [0.05, 0.1) is 6.04 Å². The van der Waals surface area contributed by atoms with Gasteiger partial charge in [0.1, 0.15) is 0 Å². The van der Waals surface area contributed by atoms with Crippen LogP contribution >= 0.6 is 12.6 Å². The number of hydrogen-bond acceptors (Lipinski definition) is 3. The zero-order chi connectivity index (χ0) is 6.78. The third-order valence-corrected chi connectivity index (χ3v) is 1.17. The second-order valence-corrected chi connectivity index (χ2v) is 3.40. The SMILES string of the molecule is CC(C)(S)[C@H](N)[C]=O. The van der Waals surface area contributed by atoms with Crippen molar-refractivity contribution in [2.75, 3.05) is 0 Å². The minimum atomic E-state index is -0.592. The van der Waals surface area contributed by atoms with Crippen molar-refractivity contribution >= 4 is 18.9 Å². The fourth-order valence-corrected chi connectivity index (χ4v) is 0.197. The average Bonchev–Trinajstić information content (AvgIpc) is 1.62. The first-order valence-electron chi connectivity index (χ1n) is 2.34. The van der Waals surface area contributed by atoms with Crippen LogP contribution in [0, 0.1) is 0 Å². The van der Waals surface area contributed by atoms with Gasteiger partial charge in [0.15, 0.2) is 0 Å². The topological polar surface area (TPSA) is 43.1 Å². The van der Waals surface area contributed by atoms with Gasteiger partial charge in [-0.3, -0.25) is 4.79 Å². The summed E-state index contributed by atoms with van der Waals surface area (Å²) < 4.78 is -0.443. The summed E-state index contributed by atoms with van der Waals surface area (Å²) in [5.41, 5.74) is 5.25. The van der Waals surface area contributed by atoms with E-state index in [1.165, 1.54) is 0 Å². The zero-order valence-electron chi connectivity index (χ0n) is 5.01. The highest BCUT2D eigenvalue weighted by Crippen LogP contribution is 2.13. The highest BCUT2D eigenvalue weighted by molar-refractivity contribution is 7.81. The second kappa shape index (κ2) is 2.51. The van der Waals surface area contributed by atoms with Gasteiger partial charge in [-0.1, -0.05) is 0 Å². The molecule has 0 saturated heterocycles. The van der Waals surface area contributed by atoms with Crippen LogP contribution in [0.3, 0.4) is 0 Å². The van der Waals surface area contributed by atoms with E-state index in [1.54, 1.807) is 20.1 Å². The average molecular weight is 132 g/mol. The predicted octanol–water partition coefficient (Wildman–Crippen LogP) is 0.132. The molecule has 0 aromatic carbocycles. The van der Waals surface area contributed by atoms with E-state index in [2.05, 4.69) is 12.6 Å². The molecule has 47 valence electrons. The molecular weight excluding hydrogens is 122 g/mol. The monoisotopic (exact) mass is 132 g/mol. The van der Waals surface area contributed by atoms with Gasteiger partial charge in [0.25, 0.3) is 0 Å². The molecule has 0 saturated carbocycles. The van der Waals surface area contributed by atoms with Crippen LogP contribution in [0.2, 0.25) is 0 Å². The third kappa shape index (κ3) is 2.33. The number of nitrogens with two attached hydrogens (primary N) is 1. The van der Waals surface area contributed by atoms with E-state index in [0.717, 1.165) is 0 Å². The Morgan fingerprint density at radius 1 is 1.75 bits per heavy atom. The summed E-state index contributed by atoms with van der Waals surface area (Å²) in [5, 5.41) is 0. The molecule has 0 heterocycles. The van der Waals surface area contributed by atoms with Gasteiger partial charge in [0.2, 0.25) is 6.29 Å². The lowest BCUT2D eigenvalue weighted by atomic mass is 10.1. The van der Waals surface area contributed by atoms with E-state index in [9.17, 15) is 4.79 Å². The Hall–Kier alpha value is -0.0200. The van der Waals surface area contributed by atoms with Gasteiger partial charge in [0, 0.05) is 4.75 Å². The van der Waals surface area contributed by atoms with Gasteiger partial charge in [-0.25, -0.2) is 0 Å². The van der Waals surface area contributed by atoms with E-state index in [-0.39, 0.29) is 0 Å². The molecule has 2 N–H and O–H groups in total. The first-order chi connectivity index (χ1) is 3.48. The van der Waals surface area contributed by atoms with Crippen LogP contribution in [0.5, 0.6) is 0 Å². The summed E-state index contributed by atoms with van der Waals surface area (Å²) in [6, 6.07) is -0.592. The number of rotatable bonds is 2. The molecule has 2 nitrogen and oxygen atoms in total. The lowest BCUT2D eigenvalue weighted by molar-refractivity contribution is 0.522. The Bertz CT molecular complexity index is 86.9. The number of carbonyl (C=O) groups excluding carboxylic acids is 1. The lowest BCUT2D eigenvalue weighted by Gasteiger charge is -2.19. The molecule has 0 amide bonds. The molecule has 0 aliphatic heterocycles. The van der Waals surface area contributed by atoms with E-state index in [1.807, 2.05) is 0 Å². The van der Waals surface area contributed by atoms with Gasteiger partial charge in [-0.15, -0.1) is 0 Å². The summed E-state index contributed by atoms with van der Waals surface area (Å²) in [4.78, 5) is 9.85.